The summed E-state index contributed by atoms with van der Waals surface area (Å²) in [5.41, 5.74) is 2.39. The summed E-state index contributed by atoms with van der Waals surface area (Å²) >= 11 is 1.92. The molecule has 0 bridgehead atoms. The maximum Gasteiger partial charge on any atom is 0.408 e. The number of benzene rings is 2. The molecule has 396 valence electrons. The molecule has 72 heavy (non-hydrogen) atoms. The first-order valence-electron chi connectivity index (χ1n) is 23.4. The number of alkyl carbamates (subject to hydrolysis) is 1. The van der Waals surface area contributed by atoms with Crippen molar-refractivity contribution in [3.63, 3.8) is 0 Å². The van der Waals surface area contributed by atoms with Gasteiger partial charge in [-0.2, -0.15) is 0 Å². The van der Waals surface area contributed by atoms with E-state index in [9.17, 15) is 47.4 Å². The number of carbonyl (C=O) groups excluding carboxylic acids is 5. The van der Waals surface area contributed by atoms with Crippen molar-refractivity contribution in [2.45, 2.75) is 142 Å². The number of nitrogens with one attached hydrogen (secondary N) is 7. The van der Waals surface area contributed by atoms with E-state index < -0.39 is 75.1 Å². The Bertz CT molecular complexity index is 2590. The third kappa shape index (κ3) is 17.8. The predicted octanol–water partition coefficient (Wildman–Crippen LogP) is 4.84. The highest BCUT2D eigenvalue weighted by Gasteiger charge is 2.38. The van der Waals surface area contributed by atoms with Gasteiger partial charge in [-0.1, -0.05) is 24.8 Å². The number of fused-ring (bicyclic) bond motifs is 1. The standard InChI is InChI=1S/C50H71IN8O12S/c1-13-33(27-55-32(6)60)19-18-28(2)43(62)53-22-15-17-39(59(12)45(64)38(57-48(67)71-49(7,8)9)25-34-20-21-40(61)36(51)24-34)44(63)56-37(46(65)66)16-14-23-54-47(52)58-72(68,69)42-30(4)29(3)41-35(31(42)5)26-50(10,11)70-41/h13,18-21,24,37-39,61H,2,14-17,22-23,25-27H2,1,3-12H3,(H,53,62)(H,55,60)(H,56,63)(H,57,67)(H,65,66)(H3,52,54,58)/b19-18-,33-13+. The van der Waals surface area contributed by atoms with Crippen LogP contribution in [0.25, 0.3) is 0 Å². The van der Waals surface area contributed by atoms with E-state index in [1.54, 1.807) is 72.8 Å². The molecule has 0 aromatic heterocycles. The molecule has 0 saturated carbocycles. The number of allylic oxidation sites excluding steroid dienone is 1. The fraction of sp³-hybridized carbons (Fsp3) is 0.500. The van der Waals surface area contributed by atoms with Crippen LogP contribution < -0.4 is 36.0 Å². The lowest BCUT2D eigenvalue weighted by Crippen LogP contribution is -2.57. The number of sulfonamides is 1. The van der Waals surface area contributed by atoms with Crippen LogP contribution in [0.4, 0.5) is 4.79 Å². The van der Waals surface area contributed by atoms with Gasteiger partial charge in [-0.15, -0.1) is 0 Å². The van der Waals surface area contributed by atoms with Crippen molar-refractivity contribution in [3.8, 4) is 11.5 Å². The number of aromatic hydroxyl groups is 1. The first kappa shape index (κ1) is 60.1. The van der Waals surface area contributed by atoms with E-state index in [4.69, 9.17) is 14.9 Å². The number of carboxylic acids is 1. The molecule has 3 rings (SSSR count). The first-order valence-corrected chi connectivity index (χ1v) is 25.9. The molecule has 3 atom stereocenters. The maximum atomic E-state index is 14.4. The summed E-state index contributed by atoms with van der Waals surface area (Å²) in [6.07, 6.45) is 4.27. The van der Waals surface area contributed by atoms with Gasteiger partial charge in [0.05, 0.1) is 8.47 Å². The van der Waals surface area contributed by atoms with Crippen LogP contribution in [-0.2, 0) is 51.6 Å². The van der Waals surface area contributed by atoms with Gasteiger partial charge in [-0.05, 0) is 157 Å². The molecule has 9 N–H and O–H groups in total. The number of hydrogen-bond acceptors (Lipinski definition) is 12. The molecule has 22 heteroatoms. The number of aliphatic carboxylic acids is 1. The van der Waals surface area contributed by atoms with E-state index >= 15 is 0 Å². The zero-order chi connectivity index (χ0) is 54.5. The molecule has 1 aliphatic rings. The Kier molecular flexibility index (Phi) is 21.7. The smallest absolute Gasteiger partial charge is 0.408 e. The molecule has 0 saturated heterocycles. The minimum atomic E-state index is -4.24. The lowest BCUT2D eigenvalue weighted by Gasteiger charge is -2.32. The number of likely N-dealkylation sites (N-methyl/N-ethyl adjacent to an activating group) is 1. The molecule has 5 amide bonds. The summed E-state index contributed by atoms with van der Waals surface area (Å²) in [7, 11) is -2.91. The predicted molar refractivity (Wildman–Crippen MR) is 281 cm³/mol. The van der Waals surface area contributed by atoms with E-state index in [2.05, 4.69) is 37.9 Å². The highest BCUT2D eigenvalue weighted by molar-refractivity contribution is 14.1. The highest BCUT2D eigenvalue weighted by Crippen LogP contribution is 2.43. The number of nitrogens with zero attached hydrogens (tertiary/aromatic N) is 1. The molecule has 1 heterocycles. The van der Waals surface area contributed by atoms with Gasteiger partial charge in [0.15, 0.2) is 0 Å². The van der Waals surface area contributed by atoms with Gasteiger partial charge < -0.3 is 51.2 Å². The van der Waals surface area contributed by atoms with Gasteiger partial charge in [0, 0.05) is 57.6 Å². The Morgan fingerprint density at radius 1 is 0.972 bits per heavy atom. The SMILES string of the molecule is C=C(/C=C\C(=C/C)CNC(C)=O)C(=O)NCCCC(C(=O)NC(CCCNC(=N)NS(=O)(=O)c1c(C)c(C)c2c(c1C)CC(C)(C)O2)C(=O)O)N(C)C(=O)C(Cc1ccc(O)c(I)c1)NC(=O)OC(C)(C)C. The van der Waals surface area contributed by atoms with Crippen molar-refractivity contribution < 1.29 is 56.9 Å². The van der Waals surface area contributed by atoms with Crippen LogP contribution in [-0.4, -0.2) is 121 Å². The summed E-state index contributed by atoms with van der Waals surface area (Å²) in [5.74, 6) is -3.63. The normalized spacial score (nSPS) is 14.4. The van der Waals surface area contributed by atoms with Crippen LogP contribution in [0, 0.1) is 29.8 Å². The summed E-state index contributed by atoms with van der Waals surface area (Å²) in [4.78, 5) is 79.8. The molecule has 2 aromatic carbocycles. The maximum absolute atomic E-state index is 14.4. The van der Waals surface area contributed by atoms with Crippen LogP contribution in [0.15, 0.2) is 59.0 Å². The number of carbonyl (C=O) groups is 6. The van der Waals surface area contributed by atoms with Crippen molar-refractivity contribution in [2.24, 2.45) is 0 Å². The van der Waals surface area contributed by atoms with Crippen LogP contribution in [0.5, 0.6) is 11.5 Å². The Morgan fingerprint density at radius 2 is 1.61 bits per heavy atom. The van der Waals surface area contributed by atoms with E-state index in [0.29, 0.717) is 38.0 Å². The van der Waals surface area contributed by atoms with Gasteiger partial charge in [0.2, 0.25) is 23.7 Å². The Balaban J connectivity index is 1.80. The number of halogens is 1. The van der Waals surface area contributed by atoms with E-state index in [0.717, 1.165) is 16.0 Å². The molecule has 2 aromatic rings. The molecular weight excluding hydrogens is 1060 g/mol. The van der Waals surface area contributed by atoms with Gasteiger partial charge in [-0.25, -0.2) is 22.7 Å². The van der Waals surface area contributed by atoms with E-state index in [1.807, 2.05) is 36.4 Å². The Labute approximate surface area is 436 Å². The van der Waals surface area contributed by atoms with Crippen LogP contribution in [0.2, 0.25) is 0 Å². The summed E-state index contributed by atoms with van der Waals surface area (Å²) in [6, 6.07) is 0.482. The molecule has 3 unspecified atom stereocenters. The second-order valence-electron chi connectivity index (χ2n) is 19.2. The number of amides is 5. The third-order valence-corrected chi connectivity index (χ3v) is 14.1. The Morgan fingerprint density at radius 3 is 2.21 bits per heavy atom. The summed E-state index contributed by atoms with van der Waals surface area (Å²) in [6.45, 7) is 21.1. The topological polar surface area (TPSA) is 295 Å². The van der Waals surface area contributed by atoms with E-state index in [-0.39, 0.29) is 73.9 Å². The monoisotopic (exact) mass is 1130 g/mol. The van der Waals surface area contributed by atoms with Crippen molar-refractivity contribution in [1.29, 1.82) is 5.41 Å². The largest absolute Gasteiger partial charge is 0.507 e. The molecule has 20 nitrogen and oxygen atoms in total. The number of hydrogen-bond donors (Lipinski definition) is 9. The summed E-state index contributed by atoms with van der Waals surface area (Å²) in [5, 5.41) is 42.0. The van der Waals surface area contributed by atoms with Crippen LogP contribution >= 0.6 is 22.6 Å². The fourth-order valence-corrected chi connectivity index (χ4v) is 9.86. The molecular formula is C50H71IN8O12S. The average molecular weight is 1140 g/mol. The van der Waals surface area contributed by atoms with Gasteiger partial charge >= 0.3 is 12.1 Å². The average Bonchev–Trinajstić information content (AvgIpc) is 3.61. The van der Waals surface area contributed by atoms with Crippen molar-refractivity contribution in [3.05, 3.63) is 85.5 Å². The molecule has 0 radical (unpaired) electrons. The van der Waals surface area contributed by atoms with Crippen molar-refractivity contribution in [1.82, 2.24) is 36.2 Å². The fourth-order valence-electron chi connectivity index (χ4n) is 7.75. The summed E-state index contributed by atoms with van der Waals surface area (Å²) < 4.78 is 41.7. The van der Waals surface area contributed by atoms with Gasteiger partial charge in [0.1, 0.15) is 40.8 Å². The molecule has 0 fully saturated rings. The minimum Gasteiger partial charge on any atom is -0.507 e. The number of guanidine groups is 1. The van der Waals surface area contributed by atoms with E-state index in [1.165, 1.54) is 26.1 Å². The number of phenolic OH excluding ortho intramolecular Hbond substituents is 1. The van der Waals surface area contributed by atoms with Gasteiger partial charge in [-0.3, -0.25) is 24.6 Å². The molecule has 0 aliphatic carbocycles. The number of carboxylic acid groups (broad SMARTS) is 1. The number of rotatable bonds is 23. The zero-order valence-electron chi connectivity index (χ0n) is 43.0. The van der Waals surface area contributed by atoms with Gasteiger partial charge in [0.25, 0.3) is 15.9 Å². The van der Waals surface area contributed by atoms with Crippen LogP contribution in [0.3, 0.4) is 0 Å². The van der Waals surface area contributed by atoms with Crippen LogP contribution in [0.1, 0.15) is 102 Å². The zero-order valence-corrected chi connectivity index (χ0v) is 46.0. The number of phenols is 1. The second kappa shape index (κ2) is 26.0. The minimum absolute atomic E-state index is 0.00486. The number of ether oxygens (including phenoxy) is 2. The highest BCUT2D eigenvalue weighted by atomic mass is 127. The first-order chi connectivity index (χ1) is 33.4. The van der Waals surface area contributed by atoms with Crippen molar-refractivity contribution >= 4 is 74.3 Å². The molecule has 0 spiro atoms. The lowest BCUT2D eigenvalue weighted by atomic mass is 9.94. The quantitative estimate of drug-likeness (QED) is 0.0180. The Hall–Kier alpha value is -6.17. The lowest BCUT2D eigenvalue weighted by molar-refractivity contribution is -0.145. The molecule has 1 aliphatic heterocycles. The van der Waals surface area contributed by atoms with Crippen molar-refractivity contribution in [2.75, 3.05) is 26.7 Å². The second-order valence-corrected chi connectivity index (χ2v) is 22.0. The third-order valence-electron chi connectivity index (χ3n) is 11.6.